The Balaban J connectivity index is 2.30. The first-order valence-corrected chi connectivity index (χ1v) is 5.75. The van der Waals surface area contributed by atoms with E-state index in [0.717, 1.165) is 6.07 Å². The maximum absolute atomic E-state index is 12.2. The number of hydrogen-bond donors (Lipinski definition) is 2. The number of ether oxygens (including phenoxy) is 1. The topological polar surface area (TPSA) is 112 Å². The van der Waals surface area contributed by atoms with Crippen molar-refractivity contribution in [2.45, 2.75) is 18.9 Å². The summed E-state index contributed by atoms with van der Waals surface area (Å²) >= 11 is 0. The second-order valence-electron chi connectivity index (χ2n) is 4.18. The number of esters is 1. The lowest BCUT2D eigenvalue weighted by Gasteiger charge is -2.22. The Kier molecular flexibility index (Phi) is 3.50. The van der Waals surface area contributed by atoms with Gasteiger partial charge in [-0.05, 0) is 12.8 Å². The van der Waals surface area contributed by atoms with E-state index in [1.807, 2.05) is 4.98 Å². The molecule has 1 aromatic heterocycles. The largest absolute Gasteiger partial charge is 0.467 e. The SMILES string of the molecule is COC(=O)C1CCCN1C(=O)c1cc(=O)[nH]c(=O)[nH]1. The van der Waals surface area contributed by atoms with Crippen LogP contribution in [0.1, 0.15) is 23.3 Å². The van der Waals surface area contributed by atoms with Crippen LogP contribution in [0, 0.1) is 0 Å². The Morgan fingerprint density at radius 2 is 2.11 bits per heavy atom. The first-order chi connectivity index (χ1) is 9.02. The number of aromatic nitrogens is 2. The number of carbonyl (C=O) groups is 2. The van der Waals surface area contributed by atoms with Crippen LogP contribution in [0.25, 0.3) is 0 Å². The fraction of sp³-hybridized carbons (Fsp3) is 0.455. The molecule has 0 radical (unpaired) electrons. The summed E-state index contributed by atoms with van der Waals surface area (Å²) < 4.78 is 4.63. The second-order valence-corrected chi connectivity index (χ2v) is 4.18. The van der Waals surface area contributed by atoms with Crippen molar-refractivity contribution in [3.8, 4) is 0 Å². The maximum atomic E-state index is 12.2. The van der Waals surface area contributed by atoms with Gasteiger partial charge in [-0.25, -0.2) is 9.59 Å². The van der Waals surface area contributed by atoms with Crippen LogP contribution in [0.5, 0.6) is 0 Å². The molecule has 0 saturated carbocycles. The number of carbonyl (C=O) groups excluding carboxylic acids is 2. The van der Waals surface area contributed by atoms with E-state index in [0.29, 0.717) is 19.4 Å². The van der Waals surface area contributed by atoms with Crippen LogP contribution >= 0.6 is 0 Å². The molecule has 0 aromatic carbocycles. The molecular formula is C11H13N3O5. The molecule has 102 valence electrons. The summed E-state index contributed by atoms with van der Waals surface area (Å²) in [6, 6.07) is 0.330. The Morgan fingerprint density at radius 3 is 2.74 bits per heavy atom. The number of hydrogen-bond acceptors (Lipinski definition) is 5. The highest BCUT2D eigenvalue weighted by molar-refractivity contribution is 5.95. The van der Waals surface area contributed by atoms with Gasteiger partial charge < -0.3 is 14.6 Å². The predicted molar refractivity (Wildman–Crippen MR) is 63.8 cm³/mol. The number of H-pyrrole nitrogens is 2. The van der Waals surface area contributed by atoms with Crippen molar-refractivity contribution in [3.63, 3.8) is 0 Å². The summed E-state index contributed by atoms with van der Waals surface area (Å²) in [6.45, 7) is 0.382. The van der Waals surface area contributed by atoms with E-state index in [1.165, 1.54) is 12.0 Å². The molecule has 0 aliphatic carbocycles. The van der Waals surface area contributed by atoms with Gasteiger partial charge in [0.1, 0.15) is 11.7 Å². The van der Waals surface area contributed by atoms with Gasteiger partial charge in [0.25, 0.3) is 11.5 Å². The van der Waals surface area contributed by atoms with Gasteiger partial charge >= 0.3 is 11.7 Å². The van der Waals surface area contributed by atoms with E-state index in [1.54, 1.807) is 0 Å². The summed E-state index contributed by atoms with van der Waals surface area (Å²) in [5.74, 6) is -1.06. The van der Waals surface area contributed by atoms with Gasteiger partial charge in [0, 0.05) is 12.6 Å². The number of likely N-dealkylation sites (tertiary alicyclic amines) is 1. The molecule has 8 nitrogen and oxygen atoms in total. The monoisotopic (exact) mass is 267 g/mol. The molecule has 1 aromatic rings. The Bertz CT molecular complexity index is 589. The predicted octanol–water partition coefficient (Wildman–Crippen LogP) is -1.16. The van der Waals surface area contributed by atoms with Crippen molar-refractivity contribution in [1.82, 2.24) is 14.9 Å². The molecule has 0 bridgehead atoms. The third kappa shape index (κ3) is 2.56. The third-order valence-electron chi connectivity index (χ3n) is 2.98. The summed E-state index contributed by atoms with van der Waals surface area (Å²) in [4.78, 5) is 51.5. The number of methoxy groups -OCH3 is 1. The molecule has 8 heteroatoms. The van der Waals surface area contributed by atoms with E-state index >= 15 is 0 Å². The molecule has 2 heterocycles. The first-order valence-electron chi connectivity index (χ1n) is 5.75. The zero-order valence-corrected chi connectivity index (χ0v) is 10.3. The highest BCUT2D eigenvalue weighted by atomic mass is 16.5. The van der Waals surface area contributed by atoms with Crippen LogP contribution in [0.4, 0.5) is 0 Å². The average Bonchev–Trinajstić information content (AvgIpc) is 2.84. The first kappa shape index (κ1) is 13.1. The second kappa shape index (κ2) is 5.09. The van der Waals surface area contributed by atoms with Crippen molar-refractivity contribution in [3.05, 3.63) is 32.6 Å². The summed E-state index contributed by atoms with van der Waals surface area (Å²) in [6.07, 6.45) is 1.17. The molecule has 1 atom stereocenters. The molecule has 2 N–H and O–H groups in total. The van der Waals surface area contributed by atoms with Crippen molar-refractivity contribution in [2.75, 3.05) is 13.7 Å². The van der Waals surface area contributed by atoms with Crippen LogP contribution in [0.15, 0.2) is 15.7 Å². The van der Waals surface area contributed by atoms with Crippen LogP contribution in [0.3, 0.4) is 0 Å². The highest BCUT2D eigenvalue weighted by Gasteiger charge is 2.35. The minimum atomic E-state index is -0.760. The van der Waals surface area contributed by atoms with Crippen molar-refractivity contribution >= 4 is 11.9 Å². The van der Waals surface area contributed by atoms with E-state index < -0.39 is 29.2 Å². The lowest BCUT2D eigenvalue weighted by molar-refractivity contribution is -0.145. The van der Waals surface area contributed by atoms with Gasteiger partial charge in [0.2, 0.25) is 0 Å². The standard InChI is InChI=1S/C11H13N3O5/c1-19-10(17)7-3-2-4-14(7)9(16)6-5-8(15)13-11(18)12-6/h5,7H,2-4H2,1H3,(H2,12,13,15,18). The van der Waals surface area contributed by atoms with Crippen LogP contribution in [-0.4, -0.2) is 46.4 Å². The Hall–Kier alpha value is -2.38. The van der Waals surface area contributed by atoms with Gasteiger partial charge in [-0.3, -0.25) is 14.6 Å². The number of nitrogens with one attached hydrogen (secondary N) is 2. The smallest absolute Gasteiger partial charge is 0.328 e. The minimum Gasteiger partial charge on any atom is -0.467 e. The van der Waals surface area contributed by atoms with E-state index in [4.69, 9.17) is 0 Å². The van der Waals surface area contributed by atoms with Gasteiger partial charge in [-0.2, -0.15) is 0 Å². The van der Waals surface area contributed by atoms with E-state index in [2.05, 4.69) is 9.72 Å². The molecular weight excluding hydrogens is 254 g/mol. The molecule has 1 saturated heterocycles. The number of rotatable bonds is 2. The van der Waals surface area contributed by atoms with E-state index in [-0.39, 0.29) is 5.69 Å². The van der Waals surface area contributed by atoms with E-state index in [9.17, 15) is 19.2 Å². The normalized spacial score (nSPS) is 18.4. The van der Waals surface area contributed by atoms with Gasteiger partial charge in [-0.15, -0.1) is 0 Å². The fourth-order valence-corrected chi connectivity index (χ4v) is 2.13. The van der Waals surface area contributed by atoms with Crippen molar-refractivity contribution < 1.29 is 14.3 Å². The molecule has 19 heavy (non-hydrogen) atoms. The summed E-state index contributed by atoms with van der Waals surface area (Å²) in [5, 5.41) is 0. The molecule has 1 aliphatic heterocycles. The van der Waals surface area contributed by atoms with Crippen molar-refractivity contribution in [1.29, 1.82) is 0 Å². The molecule has 2 rings (SSSR count). The number of amides is 1. The molecule has 0 spiro atoms. The van der Waals surface area contributed by atoms with Crippen LogP contribution < -0.4 is 11.2 Å². The quantitative estimate of drug-likeness (QED) is 0.656. The Labute approximate surface area is 107 Å². The van der Waals surface area contributed by atoms with Crippen LogP contribution in [0.2, 0.25) is 0 Å². The van der Waals surface area contributed by atoms with Crippen LogP contribution in [-0.2, 0) is 9.53 Å². The van der Waals surface area contributed by atoms with Crippen molar-refractivity contribution in [2.24, 2.45) is 0 Å². The third-order valence-corrected chi connectivity index (χ3v) is 2.98. The lowest BCUT2D eigenvalue weighted by Crippen LogP contribution is -2.42. The maximum Gasteiger partial charge on any atom is 0.328 e. The molecule has 1 amide bonds. The fourth-order valence-electron chi connectivity index (χ4n) is 2.13. The zero-order valence-electron chi connectivity index (χ0n) is 10.3. The highest BCUT2D eigenvalue weighted by Crippen LogP contribution is 2.19. The minimum absolute atomic E-state index is 0.135. The number of aromatic amines is 2. The van der Waals surface area contributed by atoms with Gasteiger partial charge in [0.15, 0.2) is 0 Å². The number of nitrogens with zero attached hydrogens (tertiary/aromatic N) is 1. The van der Waals surface area contributed by atoms with Gasteiger partial charge in [-0.1, -0.05) is 0 Å². The zero-order chi connectivity index (χ0) is 14.0. The summed E-state index contributed by atoms with van der Waals surface area (Å²) in [7, 11) is 1.25. The molecule has 1 fully saturated rings. The Morgan fingerprint density at radius 1 is 1.37 bits per heavy atom. The van der Waals surface area contributed by atoms with Gasteiger partial charge in [0.05, 0.1) is 7.11 Å². The lowest BCUT2D eigenvalue weighted by atomic mass is 10.2. The molecule has 1 unspecified atom stereocenters. The average molecular weight is 267 g/mol. The molecule has 1 aliphatic rings. The summed E-state index contributed by atoms with van der Waals surface area (Å²) in [5.41, 5.74) is -1.56.